The molecule has 0 aliphatic carbocycles. The summed E-state index contributed by atoms with van der Waals surface area (Å²) in [6.07, 6.45) is 0. The minimum atomic E-state index is -3.96. The molecule has 0 saturated heterocycles. The van der Waals surface area contributed by atoms with Crippen LogP contribution in [0.4, 0.5) is 5.69 Å². The molecule has 0 spiro atoms. The van der Waals surface area contributed by atoms with Crippen LogP contribution in [0.5, 0.6) is 5.75 Å². The van der Waals surface area contributed by atoms with E-state index in [9.17, 15) is 13.2 Å². The normalized spacial score (nSPS) is 12.4. The lowest BCUT2D eigenvalue weighted by atomic mass is 10.1. The van der Waals surface area contributed by atoms with Gasteiger partial charge in [0.1, 0.15) is 10.8 Å². The van der Waals surface area contributed by atoms with E-state index in [-0.39, 0.29) is 22.4 Å². The van der Waals surface area contributed by atoms with E-state index in [1.54, 1.807) is 55.3 Å². The number of rotatable bonds is 7. The Morgan fingerprint density at radius 3 is 2.53 bits per heavy atom. The van der Waals surface area contributed by atoms with E-state index in [1.165, 1.54) is 24.5 Å². The van der Waals surface area contributed by atoms with Crippen molar-refractivity contribution in [1.29, 1.82) is 0 Å². The van der Waals surface area contributed by atoms with Crippen molar-refractivity contribution in [3.05, 3.63) is 82.9 Å². The minimum Gasteiger partial charge on any atom is -0.495 e. The molecule has 0 saturated carbocycles. The van der Waals surface area contributed by atoms with Crippen molar-refractivity contribution < 1.29 is 17.9 Å². The molecule has 9 heteroatoms. The predicted molar refractivity (Wildman–Crippen MR) is 135 cm³/mol. The highest BCUT2D eigenvalue weighted by atomic mass is 32.2. The number of hydrogen-bond acceptors (Lipinski definition) is 6. The van der Waals surface area contributed by atoms with Crippen molar-refractivity contribution in [2.24, 2.45) is 0 Å². The zero-order valence-electron chi connectivity index (χ0n) is 19.3. The summed E-state index contributed by atoms with van der Waals surface area (Å²) < 4.78 is 35.2. The van der Waals surface area contributed by atoms with Gasteiger partial charge in [-0.3, -0.25) is 9.52 Å². The fraction of sp³-hybridized carbons (Fsp3) is 0.200. The third kappa shape index (κ3) is 4.62. The maximum Gasteiger partial charge on any atom is 0.262 e. The first kappa shape index (κ1) is 23.7. The molecule has 0 aliphatic rings. The fourth-order valence-corrected chi connectivity index (χ4v) is 5.97. The van der Waals surface area contributed by atoms with Gasteiger partial charge in [-0.2, -0.15) is 0 Å². The summed E-state index contributed by atoms with van der Waals surface area (Å²) in [5, 5.41) is 0.815. The summed E-state index contributed by atoms with van der Waals surface area (Å²) in [6, 6.07) is 19.0. The number of methoxy groups -OCH3 is 1. The van der Waals surface area contributed by atoms with Crippen LogP contribution >= 0.6 is 11.3 Å². The lowest BCUT2D eigenvalue weighted by molar-refractivity contribution is 0.0742. The monoisotopic (exact) mass is 495 g/mol. The summed E-state index contributed by atoms with van der Waals surface area (Å²) >= 11 is 1.54. The van der Waals surface area contributed by atoms with E-state index < -0.39 is 10.0 Å². The van der Waals surface area contributed by atoms with Crippen LogP contribution in [-0.4, -0.2) is 38.4 Å². The second kappa shape index (κ2) is 9.44. The molecule has 1 N–H and O–H groups in total. The van der Waals surface area contributed by atoms with Crippen molar-refractivity contribution in [2.45, 2.75) is 24.8 Å². The molecule has 1 amide bonds. The third-order valence-electron chi connectivity index (χ3n) is 5.65. The van der Waals surface area contributed by atoms with Gasteiger partial charge in [0.15, 0.2) is 0 Å². The highest BCUT2D eigenvalue weighted by molar-refractivity contribution is 7.92. The van der Waals surface area contributed by atoms with Crippen molar-refractivity contribution in [3.8, 4) is 5.75 Å². The second-order valence-electron chi connectivity index (χ2n) is 7.90. The third-order valence-corrected chi connectivity index (χ3v) is 8.36. The predicted octanol–water partition coefficient (Wildman–Crippen LogP) is 5.25. The van der Waals surface area contributed by atoms with Crippen LogP contribution in [0.2, 0.25) is 0 Å². The summed E-state index contributed by atoms with van der Waals surface area (Å²) in [7, 11) is -0.792. The van der Waals surface area contributed by atoms with Gasteiger partial charge in [-0.15, -0.1) is 11.3 Å². The number of ether oxygens (including phenoxy) is 1. The topological polar surface area (TPSA) is 88.6 Å². The van der Waals surface area contributed by atoms with Gasteiger partial charge in [-0.25, -0.2) is 13.4 Å². The molecule has 34 heavy (non-hydrogen) atoms. The van der Waals surface area contributed by atoms with Crippen LogP contribution in [0.1, 0.15) is 33.9 Å². The number of benzene rings is 3. The lowest BCUT2D eigenvalue weighted by Gasteiger charge is -2.24. The number of thiazole rings is 1. The molecule has 176 valence electrons. The molecular formula is C25H25N3O4S2. The molecule has 1 heterocycles. The molecule has 0 aliphatic heterocycles. The van der Waals surface area contributed by atoms with Crippen molar-refractivity contribution >= 4 is 43.2 Å². The van der Waals surface area contributed by atoms with Crippen LogP contribution in [0, 0.1) is 6.92 Å². The number of carbonyl (C=O) groups excluding carboxylic acids is 1. The molecule has 4 rings (SSSR count). The van der Waals surface area contributed by atoms with E-state index in [0.29, 0.717) is 17.0 Å². The van der Waals surface area contributed by atoms with Crippen LogP contribution in [-0.2, 0) is 10.0 Å². The SMILES string of the molecule is COc1ccccc1NS(=O)(=O)c1cc(C(=O)N(C)C(C)c2nc3ccccc3s2)ccc1C. The van der Waals surface area contributed by atoms with Gasteiger partial charge in [0.25, 0.3) is 15.9 Å². The Balaban J connectivity index is 1.62. The van der Waals surface area contributed by atoms with E-state index in [4.69, 9.17) is 4.74 Å². The molecular weight excluding hydrogens is 470 g/mol. The van der Waals surface area contributed by atoms with Gasteiger partial charge in [0, 0.05) is 12.6 Å². The standard InChI is InChI=1S/C25H25N3O4S2/c1-16-13-14-18(15-23(16)34(30,31)27-19-9-5-7-11-21(19)32-4)25(29)28(3)17(2)24-26-20-10-6-8-12-22(20)33-24/h5-15,17,27H,1-4H3. The zero-order valence-corrected chi connectivity index (χ0v) is 20.9. The number of anilines is 1. The minimum absolute atomic E-state index is 0.0327. The van der Waals surface area contributed by atoms with Gasteiger partial charge >= 0.3 is 0 Å². The maximum absolute atomic E-state index is 13.3. The number of fused-ring (bicyclic) bond motifs is 1. The average molecular weight is 496 g/mol. The molecule has 7 nitrogen and oxygen atoms in total. The Labute approximate surface area is 203 Å². The van der Waals surface area contributed by atoms with Crippen LogP contribution < -0.4 is 9.46 Å². The smallest absolute Gasteiger partial charge is 0.262 e. The maximum atomic E-state index is 13.3. The van der Waals surface area contributed by atoms with Crippen molar-refractivity contribution in [1.82, 2.24) is 9.88 Å². The zero-order chi connectivity index (χ0) is 24.5. The fourth-order valence-electron chi connectivity index (χ4n) is 3.57. The highest BCUT2D eigenvalue weighted by Crippen LogP contribution is 2.31. The molecule has 3 aromatic carbocycles. The quantitative estimate of drug-likeness (QED) is 0.378. The number of para-hydroxylation sites is 3. The van der Waals surface area contributed by atoms with E-state index in [0.717, 1.165) is 15.2 Å². The number of nitrogens with zero attached hydrogens (tertiary/aromatic N) is 2. The number of carbonyl (C=O) groups is 1. The average Bonchev–Trinajstić information content (AvgIpc) is 3.27. The lowest BCUT2D eigenvalue weighted by Crippen LogP contribution is -2.30. The number of hydrogen-bond donors (Lipinski definition) is 1. The largest absolute Gasteiger partial charge is 0.495 e. The second-order valence-corrected chi connectivity index (χ2v) is 10.6. The number of nitrogens with one attached hydrogen (secondary N) is 1. The van der Waals surface area contributed by atoms with Gasteiger partial charge in [0.2, 0.25) is 0 Å². The number of sulfonamides is 1. The van der Waals surface area contributed by atoms with Crippen LogP contribution in [0.3, 0.4) is 0 Å². The molecule has 1 aromatic heterocycles. The number of aryl methyl sites for hydroxylation is 1. The Hall–Kier alpha value is -3.43. The summed E-state index contributed by atoms with van der Waals surface area (Å²) in [6.45, 7) is 3.60. The molecule has 0 fully saturated rings. The Morgan fingerprint density at radius 2 is 1.79 bits per heavy atom. The summed E-state index contributed by atoms with van der Waals surface area (Å²) in [5.41, 5.74) is 2.02. The molecule has 1 unspecified atom stereocenters. The Kier molecular flexibility index (Phi) is 6.58. The Bertz CT molecular complexity index is 1430. The van der Waals surface area contributed by atoms with Gasteiger partial charge in [-0.1, -0.05) is 30.3 Å². The molecule has 1 atom stereocenters. The van der Waals surface area contributed by atoms with Crippen molar-refractivity contribution in [3.63, 3.8) is 0 Å². The first-order valence-electron chi connectivity index (χ1n) is 10.6. The van der Waals surface area contributed by atoms with Gasteiger partial charge in [0.05, 0.1) is 34.0 Å². The van der Waals surface area contributed by atoms with Crippen LogP contribution in [0.25, 0.3) is 10.2 Å². The summed E-state index contributed by atoms with van der Waals surface area (Å²) in [5.74, 6) is 0.112. The van der Waals surface area contributed by atoms with E-state index in [2.05, 4.69) is 9.71 Å². The molecule has 4 aromatic rings. The van der Waals surface area contributed by atoms with Crippen LogP contribution in [0.15, 0.2) is 71.6 Å². The highest BCUT2D eigenvalue weighted by Gasteiger charge is 2.25. The van der Waals surface area contributed by atoms with Crippen molar-refractivity contribution in [2.75, 3.05) is 18.9 Å². The first-order chi connectivity index (χ1) is 16.2. The molecule has 0 radical (unpaired) electrons. The Morgan fingerprint density at radius 1 is 1.09 bits per heavy atom. The van der Waals surface area contributed by atoms with Gasteiger partial charge < -0.3 is 9.64 Å². The number of amides is 1. The van der Waals surface area contributed by atoms with Gasteiger partial charge in [-0.05, 0) is 55.8 Å². The number of aromatic nitrogens is 1. The van der Waals surface area contributed by atoms with E-state index >= 15 is 0 Å². The van der Waals surface area contributed by atoms with E-state index in [1.807, 2.05) is 31.2 Å². The molecule has 0 bridgehead atoms. The first-order valence-corrected chi connectivity index (χ1v) is 12.9. The summed E-state index contributed by atoms with van der Waals surface area (Å²) in [4.78, 5) is 19.6.